The first-order valence-corrected chi connectivity index (χ1v) is 2.91. The van der Waals surface area contributed by atoms with E-state index in [1.54, 1.807) is 7.11 Å². The van der Waals surface area contributed by atoms with Crippen molar-refractivity contribution in [3.63, 3.8) is 0 Å². The fourth-order valence-electron chi connectivity index (χ4n) is 0.714. The highest BCUT2D eigenvalue weighted by molar-refractivity contribution is 5.33. The van der Waals surface area contributed by atoms with Gasteiger partial charge in [0.1, 0.15) is 0 Å². The van der Waals surface area contributed by atoms with Gasteiger partial charge < -0.3 is 4.74 Å². The van der Waals surface area contributed by atoms with Crippen LogP contribution < -0.4 is 0 Å². The molecule has 9 heavy (non-hydrogen) atoms. The predicted molar refractivity (Wildman–Crippen MR) is 38.2 cm³/mol. The van der Waals surface area contributed by atoms with E-state index in [2.05, 4.69) is 6.58 Å². The lowest BCUT2D eigenvalue weighted by Gasteiger charge is -2.08. The first kappa shape index (κ1) is 6.30. The van der Waals surface area contributed by atoms with E-state index >= 15 is 0 Å². The Kier molecular flexibility index (Phi) is 1.85. The zero-order valence-corrected chi connectivity index (χ0v) is 5.50. The van der Waals surface area contributed by atoms with Gasteiger partial charge in [0.05, 0.1) is 6.10 Å². The van der Waals surface area contributed by atoms with Crippen LogP contribution in [0.15, 0.2) is 36.5 Å². The summed E-state index contributed by atoms with van der Waals surface area (Å²) in [4.78, 5) is 0. The molecule has 0 amide bonds. The smallest absolute Gasteiger partial charge is 0.0940 e. The van der Waals surface area contributed by atoms with Gasteiger partial charge in [-0.2, -0.15) is 0 Å². The quantitative estimate of drug-likeness (QED) is 0.514. The first-order valence-electron chi connectivity index (χ1n) is 2.91. The van der Waals surface area contributed by atoms with Gasteiger partial charge in [-0.1, -0.05) is 30.9 Å². The Bertz CT molecular complexity index is 149. The van der Waals surface area contributed by atoms with Crippen LogP contribution in [-0.2, 0) is 4.74 Å². The summed E-state index contributed by atoms with van der Waals surface area (Å²) in [6.45, 7) is 3.75. The summed E-state index contributed by atoms with van der Waals surface area (Å²) in [6, 6.07) is 0. The Morgan fingerprint density at radius 1 is 1.44 bits per heavy atom. The number of methoxy groups -OCH3 is 1. The Morgan fingerprint density at radius 3 is 2.44 bits per heavy atom. The minimum atomic E-state index is 0.149. The fraction of sp³-hybridized carbons (Fsp3) is 0.250. The van der Waals surface area contributed by atoms with Crippen LogP contribution in [0.1, 0.15) is 0 Å². The van der Waals surface area contributed by atoms with Crippen LogP contribution >= 0.6 is 0 Å². The van der Waals surface area contributed by atoms with Gasteiger partial charge in [0.2, 0.25) is 0 Å². The van der Waals surface area contributed by atoms with Crippen molar-refractivity contribution in [3.8, 4) is 0 Å². The molecule has 1 aliphatic rings. The van der Waals surface area contributed by atoms with E-state index in [-0.39, 0.29) is 6.10 Å². The van der Waals surface area contributed by atoms with Gasteiger partial charge in [0.25, 0.3) is 0 Å². The summed E-state index contributed by atoms with van der Waals surface area (Å²) >= 11 is 0. The highest BCUT2D eigenvalue weighted by Gasteiger charge is 1.99. The molecule has 1 aliphatic carbocycles. The highest BCUT2D eigenvalue weighted by Crippen LogP contribution is 2.07. The summed E-state index contributed by atoms with van der Waals surface area (Å²) in [7, 11) is 1.69. The Hall–Kier alpha value is -0.820. The Morgan fingerprint density at radius 2 is 2.00 bits per heavy atom. The molecule has 1 nitrogen and oxygen atoms in total. The molecular weight excluding hydrogens is 112 g/mol. The van der Waals surface area contributed by atoms with E-state index in [1.165, 1.54) is 0 Å². The van der Waals surface area contributed by atoms with E-state index < -0.39 is 0 Å². The van der Waals surface area contributed by atoms with Crippen molar-refractivity contribution in [3.05, 3.63) is 36.5 Å². The van der Waals surface area contributed by atoms with Crippen molar-refractivity contribution >= 4 is 0 Å². The summed E-state index contributed by atoms with van der Waals surface area (Å²) in [5.41, 5.74) is 1.03. The SMILES string of the molecule is C=C1C=CC(OC)C=C1. The molecule has 0 spiro atoms. The van der Waals surface area contributed by atoms with Crippen molar-refractivity contribution in [1.82, 2.24) is 0 Å². The lowest BCUT2D eigenvalue weighted by Crippen LogP contribution is -2.04. The van der Waals surface area contributed by atoms with Crippen molar-refractivity contribution in [1.29, 1.82) is 0 Å². The second kappa shape index (κ2) is 2.65. The molecular formula is C8H10O. The maximum absolute atomic E-state index is 5.02. The summed E-state index contributed by atoms with van der Waals surface area (Å²) in [6.07, 6.45) is 8.00. The molecule has 0 aromatic carbocycles. The molecule has 0 bridgehead atoms. The van der Waals surface area contributed by atoms with E-state index in [9.17, 15) is 0 Å². The second-order valence-corrected chi connectivity index (χ2v) is 1.99. The topological polar surface area (TPSA) is 9.23 Å². The maximum Gasteiger partial charge on any atom is 0.0940 e. The normalized spacial score (nSPS) is 19.0. The monoisotopic (exact) mass is 122 g/mol. The number of ether oxygens (including phenoxy) is 1. The zero-order valence-electron chi connectivity index (χ0n) is 5.50. The summed E-state index contributed by atoms with van der Waals surface area (Å²) in [5, 5.41) is 0. The van der Waals surface area contributed by atoms with E-state index in [4.69, 9.17) is 4.74 Å². The lowest BCUT2D eigenvalue weighted by molar-refractivity contribution is 0.177. The van der Waals surface area contributed by atoms with Crippen LogP contribution in [0.5, 0.6) is 0 Å². The van der Waals surface area contributed by atoms with E-state index in [0.717, 1.165) is 5.57 Å². The van der Waals surface area contributed by atoms with Crippen LogP contribution in [0, 0.1) is 0 Å². The number of rotatable bonds is 1. The van der Waals surface area contributed by atoms with Crippen molar-refractivity contribution in [2.75, 3.05) is 7.11 Å². The van der Waals surface area contributed by atoms with Gasteiger partial charge in [0.15, 0.2) is 0 Å². The van der Waals surface area contributed by atoms with Crippen molar-refractivity contribution < 1.29 is 4.74 Å². The van der Waals surface area contributed by atoms with Gasteiger partial charge >= 0.3 is 0 Å². The molecule has 0 aromatic heterocycles. The molecule has 48 valence electrons. The van der Waals surface area contributed by atoms with Gasteiger partial charge in [-0.25, -0.2) is 0 Å². The number of allylic oxidation sites excluding steroid dienone is 3. The third-order valence-corrected chi connectivity index (χ3v) is 1.27. The minimum absolute atomic E-state index is 0.149. The largest absolute Gasteiger partial charge is 0.373 e. The van der Waals surface area contributed by atoms with Crippen molar-refractivity contribution in [2.24, 2.45) is 0 Å². The van der Waals surface area contributed by atoms with Gasteiger partial charge in [-0.15, -0.1) is 0 Å². The minimum Gasteiger partial charge on any atom is -0.373 e. The molecule has 0 aliphatic heterocycles. The number of hydrogen-bond acceptors (Lipinski definition) is 1. The first-order chi connectivity index (χ1) is 4.33. The average molecular weight is 122 g/mol. The van der Waals surface area contributed by atoms with E-state index in [1.807, 2.05) is 24.3 Å². The van der Waals surface area contributed by atoms with Crippen LogP contribution in [0.2, 0.25) is 0 Å². The second-order valence-electron chi connectivity index (χ2n) is 1.99. The fourth-order valence-corrected chi connectivity index (χ4v) is 0.714. The molecule has 0 atom stereocenters. The molecule has 0 aromatic rings. The van der Waals surface area contributed by atoms with Gasteiger partial charge in [-0.3, -0.25) is 0 Å². The molecule has 0 saturated heterocycles. The summed E-state index contributed by atoms with van der Waals surface area (Å²) < 4.78 is 5.02. The van der Waals surface area contributed by atoms with Crippen molar-refractivity contribution in [2.45, 2.75) is 6.10 Å². The molecule has 0 fully saturated rings. The predicted octanol–water partition coefficient (Wildman–Crippen LogP) is 1.68. The average Bonchev–Trinajstić information content (AvgIpc) is 1.90. The highest BCUT2D eigenvalue weighted by atomic mass is 16.5. The molecule has 0 unspecified atom stereocenters. The van der Waals surface area contributed by atoms with Crippen LogP contribution in [0.25, 0.3) is 0 Å². The zero-order chi connectivity index (χ0) is 6.69. The Labute approximate surface area is 55.3 Å². The molecule has 0 saturated carbocycles. The van der Waals surface area contributed by atoms with Crippen LogP contribution in [0.4, 0.5) is 0 Å². The van der Waals surface area contributed by atoms with Crippen LogP contribution in [-0.4, -0.2) is 13.2 Å². The standard InChI is InChI=1S/C8H10O/c1-7-3-5-8(9-2)6-4-7/h3-6,8H,1H2,2H3. The molecule has 0 heterocycles. The lowest BCUT2D eigenvalue weighted by atomic mass is 10.1. The van der Waals surface area contributed by atoms with Gasteiger partial charge in [-0.05, 0) is 5.57 Å². The summed E-state index contributed by atoms with van der Waals surface area (Å²) in [5.74, 6) is 0. The number of hydrogen-bond donors (Lipinski definition) is 0. The Balaban J connectivity index is 2.58. The molecule has 1 rings (SSSR count). The van der Waals surface area contributed by atoms with Crippen LogP contribution in [0.3, 0.4) is 0 Å². The molecule has 0 N–H and O–H groups in total. The molecule has 0 radical (unpaired) electrons. The maximum atomic E-state index is 5.02. The molecule has 1 heteroatoms. The van der Waals surface area contributed by atoms with Gasteiger partial charge in [0, 0.05) is 7.11 Å². The van der Waals surface area contributed by atoms with E-state index in [0.29, 0.717) is 0 Å². The third-order valence-electron chi connectivity index (χ3n) is 1.27. The third kappa shape index (κ3) is 1.54.